The fraction of sp³-hybridized carbons (Fsp3) is 0.400. The van der Waals surface area contributed by atoms with E-state index in [1.54, 1.807) is 31.2 Å². The van der Waals surface area contributed by atoms with E-state index in [0.29, 0.717) is 5.56 Å². The van der Waals surface area contributed by atoms with Gasteiger partial charge in [0, 0.05) is 11.5 Å². The minimum absolute atomic E-state index is 0.194. The zero-order valence-corrected chi connectivity index (χ0v) is 10.9. The average Bonchev–Trinajstić information content (AvgIpc) is 2.36. The Labute approximate surface area is 103 Å². The van der Waals surface area contributed by atoms with Crippen LogP contribution < -0.4 is 0 Å². The van der Waals surface area contributed by atoms with Gasteiger partial charge in [0.2, 0.25) is 0 Å². The average molecular weight is 232 g/mol. The Bertz CT molecular complexity index is 416. The van der Waals surface area contributed by atoms with Crippen LogP contribution in [-0.4, -0.2) is 16.5 Å². The second-order valence-corrected chi connectivity index (χ2v) is 4.60. The number of hydrogen-bond donors (Lipinski definition) is 1. The lowest BCUT2D eigenvalue weighted by atomic mass is 9.80. The van der Waals surface area contributed by atoms with Crippen molar-refractivity contribution >= 4 is 5.78 Å². The van der Waals surface area contributed by atoms with Crippen molar-refractivity contribution in [1.82, 2.24) is 0 Å². The van der Waals surface area contributed by atoms with E-state index >= 15 is 0 Å². The molecule has 92 valence electrons. The Morgan fingerprint density at radius 2 is 1.88 bits per heavy atom. The van der Waals surface area contributed by atoms with Crippen molar-refractivity contribution < 1.29 is 9.90 Å². The largest absolute Gasteiger partial charge is 0.381 e. The fourth-order valence-electron chi connectivity index (χ4n) is 1.77. The highest BCUT2D eigenvalue weighted by Gasteiger charge is 2.37. The molecule has 17 heavy (non-hydrogen) atoms. The number of aliphatic hydroxyl groups is 1. The van der Waals surface area contributed by atoms with Crippen LogP contribution in [0, 0.1) is 5.92 Å². The Kier molecular flexibility index (Phi) is 4.24. The molecule has 0 saturated carbocycles. The molecule has 0 aliphatic heterocycles. The molecule has 0 radical (unpaired) electrons. The molecule has 2 heteroatoms. The maximum absolute atomic E-state index is 12.3. The molecule has 2 atom stereocenters. The van der Waals surface area contributed by atoms with Crippen LogP contribution in [0.5, 0.6) is 0 Å². The van der Waals surface area contributed by atoms with Crippen LogP contribution in [0.3, 0.4) is 0 Å². The topological polar surface area (TPSA) is 37.3 Å². The van der Waals surface area contributed by atoms with Gasteiger partial charge >= 0.3 is 0 Å². The smallest absolute Gasteiger partial charge is 0.194 e. The normalized spacial score (nSPS) is 17.4. The van der Waals surface area contributed by atoms with Crippen molar-refractivity contribution in [3.05, 3.63) is 47.5 Å². The summed E-state index contributed by atoms with van der Waals surface area (Å²) < 4.78 is 0. The van der Waals surface area contributed by atoms with E-state index in [1.165, 1.54) is 0 Å². The van der Waals surface area contributed by atoms with Gasteiger partial charge in [-0.3, -0.25) is 4.79 Å². The number of Topliss-reactive ketones (excluding diaryl/α,β-unsaturated/α-hetero) is 1. The van der Waals surface area contributed by atoms with Crippen LogP contribution in [-0.2, 0) is 0 Å². The van der Waals surface area contributed by atoms with E-state index < -0.39 is 5.60 Å². The van der Waals surface area contributed by atoms with Crippen molar-refractivity contribution in [3.8, 4) is 0 Å². The molecule has 0 aromatic heterocycles. The standard InChI is InChI=1S/C15H20O2/c1-5-11(2)12(3)15(4,17)14(16)13-9-7-6-8-10-13/h5-10,12,17H,1-4H3/b11-5+/t12-,15-/m1/s1. The molecule has 0 fully saturated rings. The number of carbonyl (C=O) groups is 1. The van der Waals surface area contributed by atoms with Gasteiger partial charge < -0.3 is 5.11 Å². The molecule has 1 aromatic rings. The molecule has 0 spiro atoms. The molecule has 0 aliphatic rings. The monoisotopic (exact) mass is 232 g/mol. The summed E-state index contributed by atoms with van der Waals surface area (Å²) in [6.45, 7) is 7.29. The van der Waals surface area contributed by atoms with E-state index in [1.807, 2.05) is 32.9 Å². The van der Waals surface area contributed by atoms with Gasteiger partial charge in [-0.05, 0) is 20.8 Å². The summed E-state index contributed by atoms with van der Waals surface area (Å²) >= 11 is 0. The minimum atomic E-state index is -1.36. The van der Waals surface area contributed by atoms with Crippen molar-refractivity contribution in [2.45, 2.75) is 33.3 Å². The number of rotatable bonds is 4. The van der Waals surface area contributed by atoms with Gasteiger partial charge in [-0.25, -0.2) is 0 Å². The Morgan fingerprint density at radius 3 is 2.35 bits per heavy atom. The third-order valence-corrected chi connectivity index (χ3v) is 3.48. The van der Waals surface area contributed by atoms with Crippen LogP contribution in [0.1, 0.15) is 38.1 Å². The Balaban J connectivity index is 3.03. The van der Waals surface area contributed by atoms with Crippen LogP contribution in [0.4, 0.5) is 0 Å². The maximum Gasteiger partial charge on any atom is 0.194 e. The van der Waals surface area contributed by atoms with Gasteiger partial charge in [-0.15, -0.1) is 0 Å². The molecular formula is C15H20O2. The molecule has 0 saturated heterocycles. The van der Waals surface area contributed by atoms with Gasteiger partial charge in [0.25, 0.3) is 0 Å². The molecule has 2 nitrogen and oxygen atoms in total. The quantitative estimate of drug-likeness (QED) is 0.639. The third kappa shape index (κ3) is 2.83. The molecule has 0 unspecified atom stereocenters. The Hall–Kier alpha value is -1.41. The summed E-state index contributed by atoms with van der Waals surface area (Å²) in [7, 11) is 0. The zero-order chi connectivity index (χ0) is 13.1. The van der Waals surface area contributed by atoms with E-state index in [-0.39, 0.29) is 11.7 Å². The summed E-state index contributed by atoms with van der Waals surface area (Å²) in [6.07, 6.45) is 1.93. The van der Waals surface area contributed by atoms with Gasteiger partial charge in [-0.2, -0.15) is 0 Å². The number of carbonyl (C=O) groups excluding carboxylic acids is 1. The van der Waals surface area contributed by atoms with Crippen LogP contribution in [0.2, 0.25) is 0 Å². The molecule has 0 bridgehead atoms. The molecule has 1 aromatic carbocycles. The summed E-state index contributed by atoms with van der Waals surface area (Å²) in [4.78, 5) is 12.3. The minimum Gasteiger partial charge on any atom is -0.381 e. The van der Waals surface area contributed by atoms with Crippen LogP contribution >= 0.6 is 0 Å². The van der Waals surface area contributed by atoms with Crippen LogP contribution in [0.25, 0.3) is 0 Å². The zero-order valence-electron chi connectivity index (χ0n) is 10.9. The van der Waals surface area contributed by atoms with E-state index in [9.17, 15) is 9.90 Å². The SMILES string of the molecule is C/C=C(\C)[C@@H](C)[C@@](C)(O)C(=O)c1ccccc1. The van der Waals surface area contributed by atoms with E-state index in [4.69, 9.17) is 0 Å². The van der Waals surface area contributed by atoms with Gasteiger partial charge in [-0.1, -0.05) is 48.9 Å². The second-order valence-electron chi connectivity index (χ2n) is 4.60. The number of ketones is 1. The number of benzene rings is 1. The summed E-state index contributed by atoms with van der Waals surface area (Å²) in [5.74, 6) is -0.424. The Morgan fingerprint density at radius 1 is 1.35 bits per heavy atom. The van der Waals surface area contributed by atoms with Gasteiger partial charge in [0.05, 0.1) is 0 Å². The molecular weight excluding hydrogens is 212 g/mol. The molecule has 0 aliphatic carbocycles. The highest BCUT2D eigenvalue weighted by atomic mass is 16.3. The van der Waals surface area contributed by atoms with Crippen LogP contribution in [0.15, 0.2) is 42.0 Å². The summed E-state index contributed by atoms with van der Waals surface area (Å²) in [5, 5.41) is 10.4. The van der Waals surface area contributed by atoms with E-state index in [2.05, 4.69) is 0 Å². The van der Waals surface area contributed by atoms with Gasteiger partial charge in [0.15, 0.2) is 5.78 Å². The lowest BCUT2D eigenvalue weighted by Gasteiger charge is -2.29. The van der Waals surface area contributed by atoms with Crippen molar-refractivity contribution in [2.75, 3.05) is 0 Å². The van der Waals surface area contributed by atoms with Crippen molar-refractivity contribution in [3.63, 3.8) is 0 Å². The molecule has 1 N–H and O–H groups in total. The summed E-state index contributed by atoms with van der Waals surface area (Å²) in [6, 6.07) is 8.92. The fourth-order valence-corrected chi connectivity index (χ4v) is 1.77. The first-order valence-electron chi connectivity index (χ1n) is 5.86. The van der Waals surface area contributed by atoms with Gasteiger partial charge in [0.1, 0.15) is 5.60 Å². The molecule has 0 amide bonds. The number of hydrogen-bond acceptors (Lipinski definition) is 2. The lowest BCUT2D eigenvalue weighted by molar-refractivity contribution is 0.0213. The summed E-state index contributed by atoms with van der Waals surface area (Å²) in [5.41, 5.74) is 0.199. The first kappa shape index (κ1) is 13.7. The highest BCUT2D eigenvalue weighted by Crippen LogP contribution is 2.27. The second kappa shape index (κ2) is 5.28. The highest BCUT2D eigenvalue weighted by molar-refractivity contribution is 6.02. The predicted molar refractivity (Wildman–Crippen MR) is 70.0 cm³/mol. The maximum atomic E-state index is 12.3. The lowest BCUT2D eigenvalue weighted by Crippen LogP contribution is -2.42. The first-order valence-corrected chi connectivity index (χ1v) is 5.86. The third-order valence-electron chi connectivity index (χ3n) is 3.48. The van der Waals surface area contributed by atoms with E-state index in [0.717, 1.165) is 5.57 Å². The van der Waals surface area contributed by atoms with Crippen molar-refractivity contribution in [1.29, 1.82) is 0 Å². The molecule has 0 heterocycles. The predicted octanol–water partition coefficient (Wildman–Crippen LogP) is 3.22. The first-order chi connectivity index (χ1) is 7.91. The number of allylic oxidation sites excluding steroid dienone is 1. The molecule has 1 rings (SSSR count). The van der Waals surface area contributed by atoms with Crippen molar-refractivity contribution in [2.24, 2.45) is 5.92 Å².